The van der Waals surface area contributed by atoms with Crippen LogP contribution in [0.15, 0.2) is 41.5 Å². The van der Waals surface area contributed by atoms with Crippen LogP contribution in [-0.4, -0.2) is 61.5 Å². The maximum Gasteiger partial charge on any atom is 0.280 e. The number of anilines is 2. The number of benzene rings is 1. The van der Waals surface area contributed by atoms with Crippen LogP contribution < -0.4 is 21.5 Å². The Morgan fingerprint density at radius 1 is 1.16 bits per heavy atom. The molecule has 2 fully saturated rings. The third-order valence-electron chi connectivity index (χ3n) is 6.41. The Labute approximate surface area is 183 Å². The lowest BCUT2D eigenvalue weighted by atomic mass is 9.85. The summed E-state index contributed by atoms with van der Waals surface area (Å²) >= 11 is 0. The zero-order valence-corrected chi connectivity index (χ0v) is 17.5. The summed E-state index contributed by atoms with van der Waals surface area (Å²) in [6.45, 7) is 1.82. The van der Waals surface area contributed by atoms with Gasteiger partial charge in [0.2, 0.25) is 17.8 Å². The SMILES string of the molecule is Nc1nc2c(ncn2CCC(=O)N2CCC3(CC2)C(=O)NCN3c2ccccc2)c(=O)[nH]1. The number of aromatic nitrogens is 4. The molecule has 2 aliphatic heterocycles. The van der Waals surface area contributed by atoms with Gasteiger partial charge in [-0.05, 0) is 25.0 Å². The molecule has 2 saturated heterocycles. The average molecular weight is 436 g/mol. The molecule has 2 aromatic heterocycles. The Bertz CT molecular complexity index is 1230. The van der Waals surface area contributed by atoms with Crippen molar-refractivity contribution in [1.82, 2.24) is 29.7 Å². The van der Waals surface area contributed by atoms with Gasteiger partial charge in [-0.15, -0.1) is 0 Å². The number of imidazole rings is 1. The molecule has 166 valence electrons. The Morgan fingerprint density at radius 2 is 1.91 bits per heavy atom. The minimum atomic E-state index is -0.624. The highest BCUT2D eigenvalue weighted by molar-refractivity contribution is 5.93. The van der Waals surface area contributed by atoms with Gasteiger partial charge in [-0.3, -0.25) is 19.4 Å². The third-order valence-corrected chi connectivity index (χ3v) is 6.41. The molecule has 0 atom stereocenters. The van der Waals surface area contributed by atoms with Crippen molar-refractivity contribution in [2.24, 2.45) is 0 Å². The maximum absolute atomic E-state index is 12.9. The number of hydrogen-bond donors (Lipinski definition) is 3. The molecule has 4 heterocycles. The topological polar surface area (TPSA) is 142 Å². The number of piperidine rings is 1. The molecule has 0 radical (unpaired) electrons. The van der Waals surface area contributed by atoms with Crippen LogP contribution in [0.4, 0.5) is 11.6 Å². The van der Waals surface area contributed by atoms with E-state index in [0.29, 0.717) is 44.8 Å². The van der Waals surface area contributed by atoms with Gasteiger partial charge >= 0.3 is 0 Å². The summed E-state index contributed by atoms with van der Waals surface area (Å²) in [4.78, 5) is 52.1. The van der Waals surface area contributed by atoms with E-state index in [1.807, 2.05) is 30.3 Å². The van der Waals surface area contributed by atoms with Crippen LogP contribution >= 0.6 is 0 Å². The van der Waals surface area contributed by atoms with Crippen LogP contribution in [0.1, 0.15) is 19.3 Å². The van der Waals surface area contributed by atoms with Crippen LogP contribution in [0.3, 0.4) is 0 Å². The quantitative estimate of drug-likeness (QED) is 0.524. The van der Waals surface area contributed by atoms with E-state index in [1.54, 1.807) is 9.47 Å². The highest BCUT2D eigenvalue weighted by Gasteiger charge is 2.50. The van der Waals surface area contributed by atoms with Crippen molar-refractivity contribution in [3.63, 3.8) is 0 Å². The van der Waals surface area contributed by atoms with Crippen molar-refractivity contribution in [1.29, 1.82) is 0 Å². The number of aromatic amines is 1. The molecule has 32 heavy (non-hydrogen) atoms. The van der Waals surface area contributed by atoms with E-state index < -0.39 is 11.1 Å². The van der Waals surface area contributed by atoms with Gasteiger partial charge in [-0.1, -0.05) is 18.2 Å². The van der Waals surface area contributed by atoms with Crippen LogP contribution in [0.5, 0.6) is 0 Å². The highest BCUT2D eigenvalue weighted by Crippen LogP contribution is 2.36. The number of amides is 2. The van der Waals surface area contributed by atoms with Gasteiger partial charge in [0.05, 0.1) is 13.0 Å². The number of rotatable bonds is 4. The summed E-state index contributed by atoms with van der Waals surface area (Å²) in [7, 11) is 0. The first-order valence-corrected chi connectivity index (χ1v) is 10.6. The fourth-order valence-electron chi connectivity index (χ4n) is 4.67. The molecule has 1 spiro atoms. The minimum absolute atomic E-state index is 0.00900. The number of fused-ring (bicyclic) bond motifs is 1. The second-order valence-electron chi connectivity index (χ2n) is 8.15. The smallest absolute Gasteiger partial charge is 0.280 e. The molecule has 11 heteroatoms. The van der Waals surface area contributed by atoms with Crippen molar-refractivity contribution in [2.45, 2.75) is 31.3 Å². The molecule has 2 aliphatic rings. The van der Waals surface area contributed by atoms with Gasteiger partial charge in [0, 0.05) is 31.7 Å². The number of likely N-dealkylation sites (tertiary alicyclic amines) is 1. The molecule has 0 saturated carbocycles. The highest BCUT2D eigenvalue weighted by atomic mass is 16.2. The Balaban J connectivity index is 1.25. The van der Waals surface area contributed by atoms with Gasteiger partial charge in [-0.2, -0.15) is 4.98 Å². The average Bonchev–Trinajstić information content (AvgIpc) is 3.34. The molecule has 1 aromatic carbocycles. The van der Waals surface area contributed by atoms with E-state index in [9.17, 15) is 14.4 Å². The van der Waals surface area contributed by atoms with Crippen LogP contribution in [0.2, 0.25) is 0 Å². The first-order chi connectivity index (χ1) is 15.5. The monoisotopic (exact) mass is 436 g/mol. The Hall–Kier alpha value is -3.89. The number of carbonyl (C=O) groups excluding carboxylic acids is 2. The molecule has 0 unspecified atom stereocenters. The number of aryl methyl sites for hydroxylation is 1. The van der Waals surface area contributed by atoms with Crippen molar-refractivity contribution in [3.8, 4) is 0 Å². The number of nitrogens with zero attached hydrogens (tertiary/aromatic N) is 5. The summed E-state index contributed by atoms with van der Waals surface area (Å²) in [6.07, 6.45) is 2.87. The number of nitrogens with one attached hydrogen (secondary N) is 2. The predicted molar refractivity (Wildman–Crippen MR) is 118 cm³/mol. The van der Waals surface area contributed by atoms with Crippen molar-refractivity contribution in [3.05, 3.63) is 47.0 Å². The second-order valence-corrected chi connectivity index (χ2v) is 8.15. The van der Waals surface area contributed by atoms with Crippen molar-refractivity contribution in [2.75, 3.05) is 30.4 Å². The standard InChI is InChI=1S/C21H24N8O3/c22-20-25-17-16(18(31)26-20)23-12-28(17)9-6-15(30)27-10-7-21(8-11-27)19(32)24-13-29(21)14-4-2-1-3-5-14/h1-5,12H,6-11,13H2,(H,24,32)(H3,22,25,26,31). The molecule has 0 aliphatic carbocycles. The summed E-state index contributed by atoms with van der Waals surface area (Å²) in [5.74, 6) is 0.0196. The molecule has 0 bridgehead atoms. The van der Waals surface area contributed by atoms with Crippen LogP contribution in [-0.2, 0) is 16.1 Å². The van der Waals surface area contributed by atoms with Crippen molar-refractivity contribution >= 4 is 34.6 Å². The second kappa shape index (κ2) is 7.66. The zero-order valence-electron chi connectivity index (χ0n) is 17.5. The number of nitrogens with two attached hydrogens (primary N) is 1. The van der Waals surface area contributed by atoms with Gasteiger partial charge in [0.1, 0.15) is 5.54 Å². The summed E-state index contributed by atoms with van der Waals surface area (Å²) in [5, 5.41) is 2.97. The van der Waals surface area contributed by atoms with E-state index in [4.69, 9.17) is 5.73 Å². The minimum Gasteiger partial charge on any atom is -0.369 e. The van der Waals surface area contributed by atoms with Crippen molar-refractivity contribution < 1.29 is 9.59 Å². The Morgan fingerprint density at radius 3 is 2.66 bits per heavy atom. The van der Waals surface area contributed by atoms with Gasteiger partial charge in [0.25, 0.3) is 5.56 Å². The molecule has 4 N–H and O–H groups in total. The number of nitrogen functional groups attached to an aromatic ring is 1. The largest absolute Gasteiger partial charge is 0.369 e. The predicted octanol–water partition coefficient (Wildman–Crippen LogP) is 0.0470. The van der Waals surface area contributed by atoms with Gasteiger partial charge < -0.3 is 25.4 Å². The van der Waals surface area contributed by atoms with E-state index in [-0.39, 0.29) is 29.7 Å². The molecule has 5 rings (SSSR count). The van der Waals surface area contributed by atoms with E-state index in [1.165, 1.54) is 6.33 Å². The molecular weight excluding hydrogens is 412 g/mol. The zero-order chi connectivity index (χ0) is 22.3. The van der Waals surface area contributed by atoms with E-state index >= 15 is 0 Å². The molecule has 11 nitrogen and oxygen atoms in total. The molecule has 3 aromatic rings. The number of carbonyl (C=O) groups is 2. The van der Waals surface area contributed by atoms with E-state index in [2.05, 4.69) is 25.2 Å². The normalized spacial score (nSPS) is 17.8. The maximum atomic E-state index is 12.9. The fraction of sp³-hybridized carbons (Fsp3) is 0.381. The fourth-order valence-corrected chi connectivity index (χ4v) is 4.67. The number of para-hydroxylation sites is 1. The Kier molecular flexibility index (Phi) is 4.80. The lowest BCUT2D eigenvalue weighted by Crippen LogP contribution is -2.57. The first-order valence-electron chi connectivity index (χ1n) is 10.6. The lowest BCUT2D eigenvalue weighted by molar-refractivity contribution is -0.135. The van der Waals surface area contributed by atoms with Crippen LogP contribution in [0, 0.1) is 0 Å². The third kappa shape index (κ3) is 3.26. The van der Waals surface area contributed by atoms with Gasteiger partial charge in [-0.25, -0.2) is 4.98 Å². The van der Waals surface area contributed by atoms with Crippen LogP contribution in [0.25, 0.3) is 11.2 Å². The summed E-state index contributed by atoms with van der Waals surface area (Å²) < 4.78 is 1.66. The first kappa shape index (κ1) is 20.0. The number of hydrogen-bond acceptors (Lipinski definition) is 7. The lowest BCUT2D eigenvalue weighted by Gasteiger charge is -2.43. The summed E-state index contributed by atoms with van der Waals surface area (Å²) in [5.41, 5.74) is 6.15. The molecule has 2 amide bonds. The number of H-pyrrole nitrogens is 1. The van der Waals surface area contributed by atoms with E-state index in [0.717, 1.165) is 5.69 Å². The summed E-state index contributed by atoms with van der Waals surface area (Å²) in [6, 6.07) is 9.87. The molecular formula is C21H24N8O3. The van der Waals surface area contributed by atoms with Gasteiger partial charge in [0.15, 0.2) is 11.2 Å².